The molecule has 1 saturated heterocycles. The zero-order valence-corrected chi connectivity index (χ0v) is 16.3. The van der Waals surface area contributed by atoms with Gasteiger partial charge in [0, 0.05) is 24.3 Å². The van der Waals surface area contributed by atoms with Gasteiger partial charge in [0.25, 0.3) is 0 Å². The van der Waals surface area contributed by atoms with Crippen LogP contribution >= 0.6 is 23.1 Å². The van der Waals surface area contributed by atoms with Crippen LogP contribution in [-0.2, 0) is 14.4 Å². The van der Waals surface area contributed by atoms with E-state index < -0.39 is 6.04 Å². The maximum atomic E-state index is 13.2. The van der Waals surface area contributed by atoms with Gasteiger partial charge in [-0.05, 0) is 48.1 Å². The van der Waals surface area contributed by atoms with E-state index in [1.54, 1.807) is 16.2 Å². The summed E-state index contributed by atoms with van der Waals surface area (Å²) in [5.74, 6) is 0.172. The van der Waals surface area contributed by atoms with Gasteiger partial charge in [0.05, 0.1) is 5.92 Å². The first-order valence-corrected chi connectivity index (χ1v) is 11.4. The summed E-state index contributed by atoms with van der Waals surface area (Å²) in [6.45, 7) is 0. The fourth-order valence-electron chi connectivity index (χ4n) is 3.97. The first kappa shape index (κ1) is 18.0. The molecule has 2 amide bonds. The maximum Gasteiger partial charge on any atom is 0.247 e. The fourth-order valence-corrected chi connectivity index (χ4v) is 5.62. The number of nitrogens with one attached hydrogen (secondary N) is 1. The summed E-state index contributed by atoms with van der Waals surface area (Å²) >= 11 is 2.79. The fraction of sp³-hybridized carbons (Fsp3) is 0.632. The van der Waals surface area contributed by atoms with Crippen molar-refractivity contribution in [2.75, 3.05) is 5.75 Å². The van der Waals surface area contributed by atoms with Gasteiger partial charge in [-0.1, -0.05) is 24.6 Å². The lowest BCUT2D eigenvalue weighted by Crippen LogP contribution is -2.48. The van der Waals surface area contributed by atoms with E-state index in [-0.39, 0.29) is 34.9 Å². The Kier molecular flexibility index (Phi) is 5.36. The van der Waals surface area contributed by atoms with E-state index in [4.69, 9.17) is 0 Å². The van der Waals surface area contributed by atoms with Crippen molar-refractivity contribution in [3.8, 4) is 0 Å². The summed E-state index contributed by atoms with van der Waals surface area (Å²) < 4.78 is 0. The Balaban J connectivity index is 1.58. The molecule has 3 fully saturated rings. The van der Waals surface area contributed by atoms with Crippen molar-refractivity contribution in [2.24, 2.45) is 5.92 Å². The Morgan fingerprint density at radius 3 is 2.54 bits per heavy atom. The van der Waals surface area contributed by atoms with Crippen LogP contribution in [0, 0.1) is 5.92 Å². The lowest BCUT2D eigenvalue weighted by molar-refractivity contribution is -0.144. The molecule has 1 aromatic heterocycles. The molecule has 2 heterocycles. The van der Waals surface area contributed by atoms with Crippen LogP contribution in [0.25, 0.3) is 0 Å². The number of hydrogen-bond acceptors (Lipinski definition) is 5. The SMILES string of the molecule is O=C1C[C@@H](C(=O)N(C2CC2)[C@@H](C(=O)NC2CCCC2)c2ccsc2)CS1. The third kappa shape index (κ3) is 3.83. The molecule has 0 aromatic carbocycles. The van der Waals surface area contributed by atoms with Gasteiger partial charge in [-0.2, -0.15) is 11.3 Å². The minimum atomic E-state index is -0.567. The highest BCUT2D eigenvalue weighted by atomic mass is 32.2. The molecular weight excluding hydrogens is 368 g/mol. The number of thioether (sulfide) groups is 1. The predicted molar refractivity (Wildman–Crippen MR) is 103 cm³/mol. The molecule has 5 nitrogen and oxygen atoms in total. The molecule has 7 heteroatoms. The van der Waals surface area contributed by atoms with Crippen LogP contribution in [0.4, 0.5) is 0 Å². The predicted octanol–water partition coefficient (Wildman–Crippen LogP) is 3.12. The number of amides is 2. The molecule has 2 saturated carbocycles. The van der Waals surface area contributed by atoms with Gasteiger partial charge in [-0.25, -0.2) is 0 Å². The van der Waals surface area contributed by atoms with E-state index in [1.807, 2.05) is 16.8 Å². The zero-order valence-electron chi connectivity index (χ0n) is 14.7. The molecule has 4 rings (SSSR count). The monoisotopic (exact) mass is 392 g/mol. The van der Waals surface area contributed by atoms with Crippen molar-refractivity contribution >= 4 is 40.0 Å². The van der Waals surface area contributed by atoms with Crippen molar-refractivity contribution in [1.29, 1.82) is 0 Å². The average Bonchev–Trinajstić information content (AvgIpc) is 3.04. The first-order valence-electron chi connectivity index (χ1n) is 9.44. The van der Waals surface area contributed by atoms with Crippen LogP contribution in [-0.4, -0.2) is 39.7 Å². The molecule has 0 radical (unpaired) electrons. The highest BCUT2D eigenvalue weighted by Gasteiger charge is 2.45. The number of hydrogen-bond donors (Lipinski definition) is 1. The van der Waals surface area contributed by atoms with E-state index in [0.717, 1.165) is 44.1 Å². The number of nitrogens with zero attached hydrogens (tertiary/aromatic N) is 1. The highest BCUT2D eigenvalue weighted by Crippen LogP contribution is 2.39. The minimum Gasteiger partial charge on any atom is -0.351 e. The number of carbonyl (C=O) groups excluding carboxylic acids is 3. The summed E-state index contributed by atoms with van der Waals surface area (Å²) in [7, 11) is 0. The maximum absolute atomic E-state index is 13.2. The van der Waals surface area contributed by atoms with E-state index in [2.05, 4.69) is 5.32 Å². The van der Waals surface area contributed by atoms with E-state index in [0.29, 0.717) is 12.2 Å². The van der Waals surface area contributed by atoms with Crippen LogP contribution in [0.15, 0.2) is 16.8 Å². The lowest BCUT2D eigenvalue weighted by atomic mass is 10.0. The van der Waals surface area contributed by atoms with Crippen molar-refractivity contribution in [3.63, 3.8) is 0 Å². The lowest BCUT2D eigenvalue weighted by Gasteiger charge is -2.33. The van der Waals surface area contributed by atoms with Crippen LogP contribution in [0.2, 0.25) is 0 Å². The summed E-state index contributed by atoms with van der Waals surface area (Å²) in [4.78, 5) is 39.9. The second-order valence-corrected chi connectivity index (χ2v) is 9.37. The molecule has 26 heavy (non-hydrogen) atoms. The van der Waals surface area contributed by atoms with Gasteiger partial charge >= 0.3 is 0 Å². The third-order valence-electron chi connectivity index (χ3n) is 5.49. The Hall–Kier alpha value is -1.34. The second kappa shape index (κ2) is 7.72. The quantitative estimate of drug-likeness (QED) is 0.808. The van der Waals surface area contributed by atoms with Crippen molar-refractivity contribution in [3.05, 3.63) is 22.4 Å². The normalized spacial score (nSPS) is 24.6. The van der Waals surface area contributed by atoms with Crippen molar-refractivity contribution in [2.45, 2.75) is 63.1 Å². The molecule has 140 valence electrons. The molecule has 2 atom stereocenters. The van der Waals surface area contributed by atoms with Gasteiger partial charge in [0.1, 0.15) is 6.04 Å². The van der Waals surface area contributed by atoms with E-state index in [9.17, 15) is 14.4 Å². The Labute approximate surface area is 161 Å². The highest BCUT2D eigenvalue weighted by molar-refractivity contribution is 8.14. The Bertz CT molecular complexity index is 681. The summed E-state index contributed by atoms with van der Waals surface area (Å²) in [6, 6.07) is 1.73. The molecule has 0 unspecified atom stereocenters. The molecule has 3 aliphatic rings. The molecule has 1 N–H and O–H groups in total. The van der Waals surface area contributed by atoms with Crippen LogP contribution in [0.5, 0.6) is 0 Å². The van der Waals surface area contributed by atoms with E-state index >= 15 is 0 Å². The average molecular weight is 393 g/mol. The van der Waals surface area contributed by atoms with Gasteiger partial charge in [-0.15, -0.1) is 0 Å². The molecule has 1 aromatic rings. The smallest absolute Gasteiger partial charge is 0.247 e. The van der Waals surface area contributed by atoms with Crippen LogP contribution < -0.4 is 5.32 Å². The van der Waals surface area contributed by atoms with Crippen molar-refractivity contribution < 1.29 is 14.4 Å². The summed E-state index contributed by atoms with van der Waals surface area (Å²) in [5, 5.41) is 7.19. The molecule has 2 aliphatic carbocycles. The zero-order chi connectivity index (χ0) is 18.1. The van der Waals surface area contributed by atoms with Crippen LogP contribution in [0.3, 0.4) is 0 Å². The summed E-state index contributed by atoms with van der Waals surface area (Å²) in [5.41, 5.74) is 0.891. The largest absolute Gasteiger partial charge is 0.351 e. The Morgan fingerprint density at radius 2 is 1.96 bits per heavy atom. The van der Waals surface area contributed by atoms with Crippen molar-refractivity contribution in [1.82, 2.24) is 10.2 Å². The second-order valence-electron chi connectivity index (χ2n) is 7.51. The molecule has 1 aliphatic heterocycles. The van der Waals surface area contributed by atoms with E-state index in [1.165, 1.54) is 11.8 Å². The van der Waals surface area contributed by atoms with Gasteiger partial charge in [0.15, 0.2) is 5.12 Å². The summed E-state index contributed by atoms with van der Waals surface area (Å²) in [6.07, 6.45) is 6.53. The Morgan fingerprint density at radius 1 is 1.19 bits per heavy atom. The molecule has 0 spiro atoms. The number of rotatable bonds is 6. The van der Waals surface area contributed by atoms with Crippen LogP contribution in [0.1, 0.15) is 56.6 Å². The topological polar surface area (TPSA) is 66.5 Å². The van der Waals surface area contributed by atoms with Gasteiger partial charge in [-0.3, -0.25) is 14.4 Å². The number of carbonyl (C=O) groups is 3. The third-order valence-corrected chi connectivity index (χ3v) is 7.25. The van der Waals surface area contributed by atoms with Gasteiger partial charge in [0.2, 0.25) is 11.8 Å². The first-order chi connectivity index (χ1) is 12.6. The molecule has 0 bridgehead atoms. The molecular formula is C19H24N2O3S2. The standard InChI is InChI=1S/C19H24N2O3S2/c22-16-9-13(11-26-16)19(24)21(15-5-6-15)17(12-7-8-25-10-12)18(23)20-14-3-1-2-4-14/h7-8,10,13-15,17H,1-6,9,11H2,(H,20,23)/t13-,17-/m1/s1. The van der Waals surface area contributed by atoms with Gasteiger partial charge < -0.3 is 10.2 Å². The minimum absolute atomic E-state index is 0.0244. The number of thiophene rings is 1.